The van der Waals surface area contributed by atoms with Crippen LogP contribution in [-0.2, 0) is 26.9 Å². The van der Waals surface area contributed by atoms with Gasteiger partial charge in [-0.05, 0) is 18.6 Å². The van der Waals surface area contributed by atoms with Gasteiger partial charge < -0.3 is 4.90 Å². The summed E-state index contributed by atoms with van der Waals surface area (Å²) in [6.45, 7) is 0.267. The van der Waals surface area contributed by atoms with E-state index in [0.29, 0.717) is 22.6 Å². The molecule has 6 nitrogen and oxygen atoms in total. The van der Waals surface area contributed by atoms with Crippen LogP contribution >= 0.6 is 22.6 Å². The molecular formula is C15H15IN2O4S. The number of imide groups is 1. The second-order valence-corrected chi connectivity index (χ2v) is 8.04. The van der Waals surface area contributed by atoms with E-state index < -0.39 is 22.7 Å². The molecule has 1 saturated heterocycles. The van der Waals surface area contributed by atoms with E-state index in [9.17, 15) is 18.6 Å². The third-order valence-electron chi connectivity index (χ3n) is 4.05. The van der Waals surface area contributed by atoms with E-state index in [4.69, 9.17) is 0 Å². The number of alkyl halides is 1. The molecule has 1 N–H and O–H groups in total. The van der Waals surface area contributed by atoms with Crippen molar-refractivity contribution in [2.75, 3.05) is 10.2 Å². The Balaban J connectivity index is 1.90. The van der Waals surface area contributed by atoms with Crippen molar-refractivity contribution in [3.05, 3.63) is 29.3 Å². The summed E-state index contributed by atoms with van der Waals surface area (Å²) in [6.07, 6.45) is 0.556. The number of halogens is 1. The fourth-order valence-electron chi connectivity index (χ4n) is 2.95. The molecule has 23 heavy (non-hydrogen) atoms. The fourth-order valence-corrected chi connectivity index (χ4v) is 5.19. The van der Waals surface area contributed by atoms with Gasteiger partial charge in [0.05, 0.1) is 10.8 Å². The molecule has 2 heterocycles. The normalized spacial score (nSPS) is 22.0. The number of nitrogens with zero attached hydrogens (tertiary/aromatic N) is 1. The van der Waals surface area contributed by atoms with Gasteiger partial charge in [-0.15, -0.1) is 0 Å². The first kappa shape index (κ1) is 16.6. The van der Waals surface area contributed by atoms with E-state index in [-0.39, 0.29) is 24.8 Å². The van der Waals surface area contributed by atoms with Gasteiger partial charge in [-0.3, -0.25) is 23.9 Å². The summed E-state index contributed by atoms with van der Waals surface area (Å²) in [5.41, 5.74) is 1.25. The number of hydrogen-bond acceptors (Lipinski definition) is 4. The minimum atomic E-state index is -1.16. The average molecular weight is 446 g/mol. The molecule has 0 bridgehead atoms. The van der Waals surface area contributed by atoms with Crippen molar-refractivity contribution < 1.29 is 18.6 Å². The van der Waals surface area contributed by atoms with E-state index in [1.165, 1.54) is 4.90 Å². The highest BCUT2D eigenvalue weighted by atomic mass is 127. The van der Waals surface area contributed by atoms with Gasteiger partial charge in [0, 0.05) is 39.2 Å². The Labute approximate surface area is 149 Å². The van der Waals surface area contributed by atoms with Crippen LogP contribution in [0.4, 0.5) is 0 Å². The summed E-state index contributed by atoms with van der Waals surface area (Å²) < 4.78 is 13.1. The molecule has 2 unspecified atom stereocenters. The van der Waals surface area contributed by atoms with Gasteiger partial charge in [0.25, 0.3) is 5.91 Å². The Hall–Kier alpha value is -1.29. The first-order chi connectivity index (χ1) is 11.0. The summed E-state index contributed by atoms with van der Waals surface area (Å²) in [5, 5.41) is 2.28. The number of hydrogen-bond donors (Lipinski definition) is 1. The second-order valence-electron chi connectivity index (χ2n) is 5.42. The highest BCUT2D eigenvalue weighted by Crippen LogP contribution is 2.31. The van der Waals surface area contributed by atoms with Gasteiger partial charge in [0.2, 0.25) is 11.8 Å². The molecule has 3 rings (SSSR count). The van der Waals surface area contributed by atoms with Gasteiger partial charge >= 0.3 is 0 Å². The molecule has 3 amide bonds. The predicted octanol–water partition coefficient (Wildman–Crippen LogP) is 0.990. The number of fused-ring (bicyclic) bond motifs is 1. The Bertz CT molecular complexity index is 721. The van der Waals surface area contributed by atoms with E-state index in [1.54, 1.807) is 18.2 Å². The van der Waals surface area contributed by atoms with Gasteiger partial charge in [0.1, 0.15) is 6.04 Å². The maximum atomic E-state index is 12.6. The molecule has 2 aliphatic rings. The van der Waals surface area contributed by atoms with Crippen LogP contribution in [0.15, 0.2) is 23.1 Å². The van der Waals surface area contributed by atoms with E-state index in [1.807, 2.05) is 0 Å². The van der Waals surface area contributed by atoms with E-state index in [2.05, 4.69) is 27.9 Å². The monoisotopic (exact) mass is 446 g/mol. The summed E-state index contributed by atoms with van der Waals surface area (Å²) in [7, 11) is -1.16. The van der Waals surface area contributed by atoms with Crippen LogP contribution in [0.5, 0.6) is 0 Å². The number of rotatable bonds is 4. The van der Waals surface area contributed by atoms with Crippen LogP contribution in [0.3, 0.4) is 0 Å². The largest absolute Gasteiger partial charge is 0.322 e. The molecule has 122 valence electrons. The highest BCUT2D eigenvalue weighted by molar-refractivity contribution is 14.1. The Morgan fingerprint density at radius 3 is 2.78 bits per heavy atom. The summed E-state index contributed by atoms with van der Waals surface area (Å²) in [6, 6.07) is 4.57. The van der Waals surface area contributed by atoms with Crippen molar-refractivity contribution in [3.63, 3.8) is 0 Å². The lowest BCUT2D eigenvalue weighted by Crippen LogP contribution is -2.52. The van der Waals surface area contributed by atoms with Crippen LogP contribution in [0, 0.1) is 0 Å². The maximum Gasteiger partial charge on any atom is 0.255 e. The van der Waals surface area contributed by atoms with Crippen LogP contribution in [0.25, 0.3) is 0 Å². The lowest BCUT2D eigenvalue weighted by atomic mass is 10.0. The highest BCUT2D eigenvalue weighted by Gasteiger charge is 2.40. The predicted molar refractivity (Wildman–Crippen MR) is 92.6 cm³/mol. The van der Waals surface area contributed by atoms with Crippen molar-refractivity contribution in [2.45, 2.75) is 30.3 Å². The van der Waals surface area contributed by atoms with E-state index in [0.717, 1.165) is 9.99 Å². The third kappa shape index (κ3) is 3.06. The Morgan fingerprint density at radius 2 is 2.09 bits per heavy atom. The number of carbonyl (C=O) groups is 3. The number of benzene rings is 1. The molecule has 0 spiro atoms. The number of piperidine rings is 1. The molecule has 0 saturated carbocycles. The quantitative estimate of drug-likeness (QED) is 0.425. The Kier molecular flexibility index (Phi) is 4.81. The summed E-state index contributed by atoms with van der Waals surface area (Å²) >= 11 is 2.17. The second kappa shape index (κ2) is 6.68. The lowest BCUT2D eigenvalue weighted by molar-refractivity contribution is -0.136. The Morgan fingerprint density at radius 1 is 1.30 bits per heavy atom. The lowest BCUT2D eigenvalue weighted by Gasteiger charge is -2.29. The first-order valence-electron chi connectivity index (χ1n) is 7.24. The summed E-state index contributed by atoms with van der Waals surface area (Å²) in [4.78, 5) is 38.1. The minimum absolute atomic E-state index is 0.226. The van der Waals surface area contributed by atoms with Gasteiger partial charge in [-0.1, -0.05) is 28.7 Å². The zero-order chi connectivity index (χ0) is 16.6. The SMILES string of the molecule is O=C1CCC(N2Cc3c(cccc3S(=O)CCI)C2=O)C(=O)N1. The maximum absolute atomic E-state index is 12.6. The number of carbonyl (C=O) groups excluding carboxylic acids is 3. The fraction of sp³-hybridized carbons (Fsp3) is 0.400. The molecule has 8 heteroatoms. The topological polar surface area (TPSA) is 83.6 Å². The molecular weight excluding hydrogens is 431 g/mol. The van der Waals surface area contributed by atoms with Gasteiger partial charge in [-0.2, -0.15) is 0 Å². The van der Waals surface area contributed by atoms with Crippen LogP contribution in [-0.4, -0.2) is 43.1 Å². The van der Waals surface area contributed by atoms with Crippen LogP contribution in [0.2, 0.25) is 0 Å². The number of amides is 3. The zero-order valence-corrected chi connectivity index (χ0v) is 15.2. The molecule has 2 aliphatic heterocycles. The zero-order valence-electron chi connectivity index (χ0n) is 12.2. The molecule has 0 radical (unpaired) electrons. The van der Waals surface area contributed by atoms with Gasteiger partial charge in [-0.25, -0.2) is 0 Å². The van der Waals surface area contributed by atoms with E-state index >= 15 is 0 Å². The van der Waals surface area contributed by atoms with Crippen molar-refractivity contribution in [3.8, 4) is 0 Å². The van der Waals surface area contributed by atoms with Crippen LogP contribution in [0.1, 0.15) is 28.8 Å². The van der Waals surface area contributed by atoms with Crippen LogP contribution < -0.4 is 5.32 Å². The van der Waals surface area contributed by atoms with Crippen molar-refractivity contribution in [1.29, 1.82) is 0 Å². The smallest absolute Gasteiger partial charge is 0.255 e. The molecule has 1 aromatic carbocycles. The minimum Gasteiger partial charge on any atom is -0.322 e. The summed E-state index contributed by atoms with van der Waals surface area (Å²) in [5.74, 6) is -0.441. The molecule has 1 fully saturated rings. The average Bonchev–Trinajstić information content (AvgIpc) is 2.85. The number of nitrogens with one attached hydrogen (secondary N) is 1. The van der Waals surface area contributed by atoms with Crippen molar-refractivity contribution in [2.24, 2.45) is 0 Å². The molecule has 1 aromatic rings. The first-order valence-corrected chi connectivity index (χ1v) is 10.1. The standard InChI is InChI=1S/C15H15IN2O4S/c16-6-7-23(22)12-3-1-2-9-10(12)8-18(15(9)21)11-4-5-13(19)17-14(11)20/h1-3,11H,4-8H2,(H,17,19,20). The van der Waals surface area contributed by atoms with Crippen molar-refractivity contribution >= 4 is 51.1 Å². The molecule has 0 aliphatic carbocycles. The third-order valence-corrected chi connectivity index (χ3v) is 6.77. The van der Waals surface area contributed by atoms with Gasteiger partial charge in [0.15, 0.2) is 0 Å². The molecule has 2 atom stereocenters. The molecule has 0 aromatic heterocycles. The van der Waals surface area contributed by atoms with Crippen molar-refractivity contribution in [1.82, 2.24) is 10.2 Å².